The molecule has 0 radical (unpaired) electrons. The van der Waals surface area contributed by atoms with Gasteiger partial charge in [-0.15, -0.1) is 0 Å². The Morgan fingerprint density at radius 2 is 1.72 bits per heavy atom. The van der Waals surface area contributed by atoms with Crippen molar-refractivity contribution in [2.45, 2.75) is 26.7 Å². The monoisotopic (exact) mass is 395 g/mol. The molecule has 154 valence electrons. The number of nitrogens with zero attached hydrogens (tertiary/aromatic N) is 4. The third-order valence-corrected chi connectivity index (χ3v) is 5.61. The van der Waals surface area contributed by atoms with Crippen molar-refractivity contribution in [3.63, 3.8) is 0 Å². The molecular weight excluding hydrogens is 366 g/mol. The summed E-state index contributed by atoms with van der Waals surface area (Å²) in [6.45, 7) is 8.39. The average Bonchev–Trinajstić information content (AvgIpc) is 2.75. The molecule has 7 heteroatoms. The molecule has 2 saturated heterocycles. The predicted octanol–water partition coefficient (Wildman–Crippen LogP) is 2.91. The highest BCUT2D eigenvalue weighted by molar-refractivity contribution is 5.79. The van der Waals surface area contributed by atoms with Gasteiger partial charge in [-0.25, -0.2) is 4.98 Å². The van der Waals surface area contributed by atoms with Crippen LogP contribution in [0.2, 0.25) is 0 Å². The van der Waals surface area contributed by atoms with Gasteiger partial charge in [0.2, 0.25) is 11.9 Å². The van der Waals surface area contributed by atoms with Gasteiger partial charge in [0.25, 0.3) is 0 Å². The molecule has 0 saturated carbocycles. The quantitative estimate of drug-likeness (QED) is 0.858. The van der Waals surface area contributed by atoms with Gasteiger partial charge in [-0.3, -0.25) is 4.79 Å². The molecule has 0 bridgehead atoms. The summed E-state index contributed by atoms with van der Waals surface area (Å²) in [4.78, 5) is 26.3. The predicted molar refractivity (Wildman–Crippen MR) is 114 cm³/mol. The molecular formula is C22H29N5O2. The normalized spacial score (nSPS) is 18.0. The van der Waals surface area contributed by atoms with Crippen LogP contribution < -0.4 is 10.2 Å². The van der Waals surface area contributed by atoms with Gasteiger partial charge >= 0.3 is 0 Å². The minimum atomic E-state index is 0.121. The second kappa shape index (κ2) is 8.78. The van der Waals surface area contributed by atoms with Crippen molar-refractivity contribution >= 4 is 23.4 Å². The number of amides is 1. The molecule has 1 N–H and O–H groups in total. The summed E-state index contributed by atoms with van der Waals surface area (Å²) in [5, 5.41) is 3.37. The van der Waals surface area contributed by atoms with Crippen LogP contribution in [0, 0.1) is 19.8 Å². The minimum Gasteiger partial charge on any atom is -0.381 e. The van der Waals surface area contributed by atoms with E-state index in [2.05, 4.69) is 34.3 Å². The molecule has 2 aliphatic rings. The highest BCUT2D eigenvalue weighted by Gasteiger charge is 2.29. The first-order chi connectivity index (χ1) is 14.1. The Morgan fingerprint density at radius 3 is 2.41 bits per heavy atom. The van der Waals surface area contributed by atoms with E-state index in [0.29, 0.717) is 26.3 Å². The molecule has 7 nitrogen and oxygen atoms in total. The van der Waals surface area contributed by atoms with Crippen molar-refractivity contribution in [1.82, 2.24) is 14.9 Å². The maximum Gasteiger partial charge on any atom is 0.227 e. The maximum atomic E-state index is 12.7. The van der Waals surface area contributed by atoms with Gasteiger partial charge in [-0.1, -0.05) is 17.7 Å². The van der Waals surface area contributed by atoms with Crippen LogP contribution in [-0.2, 0) is 9.53 Å². The molecule has 1 aromatic heterocycles. The largest absolute Gasteiger partial charge is 0.381 e. The zero-order chi connectivity index (χ0) is 20.2. The van der Waals surface area contributed by atoms with E-state index in [4.69, 9.17) is 9.72 Å². The molecule has 0 aliphatic carbocycles. The number of carbonyl (C=O) groups excluding carboxylic acids is 1. The first-order valence-electron chi connectivity index (χ1n) is 10.4. The second-order valence-electron chi connectivity index (χ2n) is 7.88. The zero-order valence-corrected chi connectivity index (χ0v) is 17.2. The molecule has 29 heavy (non-hydrogen) atoms. The molecule has 0 spiro atoms. The number of ether oxygens (including phenoxy) is 1. The van der Waals surface area contributed by atoms with Crippen LogP contribution in [0.4, 0.5) is 17.5 Å². The lowest BCUT2D eigenvalue weighted by atomic mass is 9.98. The van der Waals surface area contributed by atoms with E-state index in [1.54, 1.807) is 0 Å². The fraction of sp³-hybridized carbons (Fsp3) is 0.500. The Labute approximate surface area is 172 Å². The SMILES string of the molecule is Cc1ccc(Nc2cc(C)nc(N3CCN(C(=O)C4CCOCC4)CC3)n2)cc1. The molecule has 2 fully saturated rings. The topological polar surface area (TPSA) is 70.6 Å². The minimum absolute atomic E-state index is 0.121. The van der Waals surface area contributed by atoms with E-state index in [-0.39, 0.29) is 11.8 Å². The van der Waals surface area contributed by atoms with Gasteiger partial charge in [0, 0.05) is 62.8 Å². The third kappa shape index (κ3) is 4.85. The molecule has 0 atom stereocenters. The van der Waals surface area contributed by atoms with E-state index in [9.17, 15) is 4.79 Å². The van der Waals surface area contributed by atoms with E-state index in [0.717, 1.165) is 49.1 Å². The van der Waals surface area contributed by atoms with Crippen LogP contribution in [-0.4, -0.2) is 60.2 Å². The number of aryl methyl sites for hydroxylation is 2. The van der Waals surface area contributed by atoms with Crippen LogP contribution in [0.25, 0.3) is 0 Å². The van der Waals surface area contributed by atoms with Crippen molar-refractivity contribution in [1.29, 1.82) is 0 Å². The fourth-order valence-electron chi connectivity index (χ4n) is 3.87. The summed E-state index contributed by atoms with van der Waals surface area (Å²) in [6, 6.07) is 10.2. The van der Waals surface area contributed by atoms with E-state index < -0.39 is 0 Å². The molecule has 4 rings (SSSR count). The van der Waals surface area contributed by atoms with Crippen LogP contribution in [0.3, 0.4) is 0 Å². The van der Waals surface area contributed by atoms with Crippen molar-refractivity contribution in [2.24, 2.45) is 5.92 Å². The number of hydrogen-bond donors (Lipinski definition) is 1. The Balaban J connectivity index is 1.39. The summed E-state index contributed by atoms with van der Waals surface area (Å²) in [5.74, 6) is 1.91. The zero-order valence-electron chi connectivity index (χ0n) is 17.2. The molecule has 1 aromatic carbocycles. The molecule has 2 aliphatic heterocycles. The van der Waals surface area contributed by atoms with Gasteiger partial charge in [0.1, 0.15) is 5.82 Å². The van der Waals surface area contributed by atoms with Crippen molar-refractivity contribution in [3.8, 4) is 0 Å². The molecule has 3 heterocycles. The fourth-order valence-corrected chi connectivity index (χ4v) is 3.87. The number of rotatable bonds is 4. The summed E-state index contributed by atoms with van der Waals surface area (Å²) in [7, 11) is 0. The number of aromatic nitrogens is 2. The number of anilines is 3. The van der Waals surface area contributed by atoms with Crippen molar-refractivity contribution in [2.75, 3.05) is 49.6 Å². The highest BCUT2D eigenvalue weighted by atomic mass is 16.5. The van der Waals surface area contributed by atoms with Crippen molar-refractivity contribution < 1.29 is 9.53 Å². The summed E-state index contributed by atoms with van der Waals surface area (Å²) < 4.78 is 5.38. The summed E-state index contributed by atoms with van der Waals surface area (Å²) in [5.41, 5.74) is 3.15. The Morgan fingerprint density at radius 1 is 1.03 bits per heavy atom. The number of nitrogens with one attached hydrogen (secondary N) is 1. The Hall–Kier alpha value is -2.67. The lowest BCUT2D eigenvalue weighted by Crippen LogP contribution is -2.51. The highest BCUT2D eigenvalue weighted by Crippen LogP contribution is 2.22. The van der Waals surface area contributed by atoms with Crippen LogP contribution in [0.15, 0.2) is 30.3 Å². The standard InChI is InChI=1S/C22H29N5O2/c1-16-3-5-19(6-4-16)24-20-15-17(2)23-22(25-20)27-11-9-26(10-12-27)21(28)18-7-13-29-14-8-18/h3-6,15,18H,7-14H2,1-2H3,(H,23,24,25). The first kappa shape index (κ1) is 19.6. The Kier molecular flexibility index (Phi) is 5.94. The van der Waals surface area contributed by atoms with Crippen LogP contribution in [0.1, 0.15) is 24.1 Å². The van der Waals surface area contributed by atoms with E-state index in [1.165, 1.54) is 5.56 Å². The second-order valence-corrected chi connectivity index (χ2v) is 7.88. The molecule has 1 amide bonds. The summed E-state index contributed by atoms with van der Waals surface area (Å²) in [6.07, 6.45) is 1.68. The lowest BCUT2D eigenvalue weighted by molar-refractivity contribution is -0.138. The van der Waals surface area contributed by atoms with Crippen molar-refractivity contribution in [3.05, 3.63) is 41.6 Å². The number of hydrogen-bond acceptors (Lipinski definition) is 6. The van der Waals surface area contributed by atoms with Gasteiger partial charge in [0.05, 0.1) is 0 Å². The van der Waals surface area contributed by atoms with E-state index in [1.807, 2.05) is 30.0 Å². The number of carbonyl (C=O) groups is 1. The molecule has 2 aromatic rings. The van der Waals surface area contributed by atoms with Gasteiger partial charge in [-0.05, 0) is 38.8 Å². The van der Waals surface area contributed by atoms with Crippen LogP contribution >= 0.6 is 0 Å². The maximum absolute atomic E-state index is 12.7. The van der Waals surface area contributed by atoms with Gasteiger partial charge < -0.3 is 19.9 Å². The average molecular weight is 396 g/mol. The smallest absolute Gasteiger partial charge is 0.227 e. The molecule has 0 unspecified atom stereocenters. The third-order valence-electron chi connectivity index (χ3n) is 5.61. The lowest BCUT2D eigenvalue weighted by Gasteiger charge is -2.37. The van der Waals surface area contributed by atoms with Crippen LogP contribution in [0.5, 0.6) is 0 Å². The first-order valence-corrected chi connectivity index (χ1v) is 10.4. The number of piperazine rings is 1. The Bertz CT molecular complexity index is 841. The van der Waals surface area contributed by atoms with E-state index >= 15 is 0 Å². The summed E-state index contributed by atoms with van der Waals surface area (Å²) >= 11 is 0. The van der Waals surface area contributed by atoms with Gasteiger partial charge in [-0.2, -0.15) is 4.98 Å². The van der Waals surface area contributed by atoms with Gasteiger partial charge in [0.15, 0.2) is 0 Å². The number of benzene rings is 1.